The highest BCUT2D eigenvalue weighted by Gasteiger charge is 2.29. The maximum absolute atomic E-state index is 12.7. The van der Waals surface area contributed by atoms with Crippen molar-refractivity contribution >= 4 is 34.0 Å². The number of hydrogen-bond acceptors (Lipinski definition) is 5. The van der Waals surface area contributed by atoms with Crippen LogP contribution in [0.3, 0.4) is 0 Å². The first-order valence-electron chi connectivity index (χ1n) is 12.2. The van der Waals surface area contributed by atoms with Gasteiger partial charge in [-0.25, -0.2) is 9.97 Å². The molecular weight excluding hydrogens is 404 g/mol. The molecule has 2 aromatic heterocycles. The topological polar surface area (TPSA) is 58.1 Å². The van der Waals surface area contributed by atoms with Gasteiger partial charge in [-0.15, -0.1) is 11.3 Å². The largest absolute Gasteiger partial charge is 0.356 e. The van der Waals surface area contributed by atoms with Crippen molar-refractivity contribution in [2.45, 2.75) is 77.0 Å². The molecule has 1 N–H and O–H groups in total. The summed E-state index contributed by atoms with van der Waals surface area (Å²) in [6.45, 7) is 4.75. The quantitative estimate of drug-likeness (QED) is 0.606. The second-order valence-electron chi connectivity index (χ2n) is 9.50. The van der Waals surface area contributed by atoms with E-state index in [9.17, 15) is 4.79 Å². The third kappa shape index (κ3) is 4.50. The molecule has 0 atom stereocenters. The van der Waals surface area contributed by atoms with E-state index in [1.807, 2.05) is 0 Å². The summed E-state index contributed by atoms with van der Waals surface area (Å²) in [5.41, 5.74) is 2.63. The van der Waals surface area contributed by atoms with Crippen LogP contribution >= 0.6 is 11.3 Å². The third-order valence-electron chi connectivity index (χ3n) is 7.40. The number of rotatable bonds is 6. The van der Waals surface area contributed by atoms with E-state index in [0.29, 0.717) is 5.92 Å². The van der Waals surface area contributed by atoms with Gasteiger partial charge in [0.05, 0.1) is 10.9 Å². The van der Waals surface area contributed by atoms with Crippen molar-refractivity contribution in [3.63, 3.8) is 0 Å². The van der Waals surface area contributed by atoms with Crippen molar-refractivity contribution in [3.05, 3.63) is 27.7 Å². The molecule has 5 rings (SSSR count). The summed E-state index contributed by atoms with van der Waals surface area (Å²) in [4.78, 5) is 26.4. The summed E-state index contributed by atoms with van der Waals surface area (Å²) in [5.74, 6) is 3.04. The molecule has 6 heteroatoms. The highest BCUT2D eigenvalue weighted by atomic mass is 32.1. The average Bonchev–Trinajstić information content (AvgIpc) is 3.13. The summed E-state index contributed by atoms with van der Waals surface area (Å²) in [6, 6.07) is 0. The van der Waals surface area contributed by atoms with Crippen LogP contribution in [0.5, 0.6) is 0 Å². The summed E-state index contributed by atoms with van der Waals surface area (Å²) >= 11 is 1.77. The number of thiophene rings is 1. The van der Waals surface area contributed by atoms with E-state index in [-0.39, 0.29) is 11.8 Å². The predicted molar refractivity (Wildman–Crippen MR) is 128 cm³/mol. The molecule has 1 saturated carbocycles. The molecule has 31 heavy (non-hydrogen) atoms. The number of aryl methyl sites for hydroxylation is 1. The maximum atomic E-state index is 12.7. The number of carbonyl (C=O) groups is 1. The molecule has 0 aromatic carbocycles. The Kier molecular flexibility index (Phi) is 6.26. The second kappa shape index (κ2) is 9.27. The van der Waals surface area contributed by atoms with Crippen molar-refractivity contribution in [1.82, 2.24) is 15.3 Å². The Hall–Kier alpha value is -1.95. The second-order valence-corrected chi connectivity index (χ2v) is 10.6. The fraction of sp³-hybridized carbons (Fsp3) is 0.640. The molecule has 2 aromatic rings. The lowest BCUT2D eigenvalue weighted by molar-refractivity contribution is -0.125. The lowest BCUT2D eigenvalue weighted by atomic mass is 9.85. The molecule has 2 aliphatic carbocycles. The minimum Gasteiger partial charge on any atom is -0.356 e. The number of fused-ring (bicyclic) bond motifs is 1. The van der Waals surface area contributed by atoms with Crippen LogP contribution in [0.1, 0.15) is 80.8 Å². The number of allylic oxidation sites excluding steroid dienone is 1. The van der Waals surface area contributed by atoms with Crippen molar-refractivity contribution in [2.75, 3.05) is 24.5 Å². The third-order valence-corrected chi connectivity index (χ3v) is 8.30. The van der Waals surface area contributed by atoms with Crippen LogP contribution in [0.4, 0.5) is 5.82 Å². The monoisotopic (exact) mass is 438 g/mol. The van der Waals surface area contributed by atoms with Gasteiger partial charge in [-0.05, 0) is 64.7 Å². The van der Waals surface area contributed by atoms with Gasteiger partial charge in [-0.1, -0.05) is 18.1 Å². The minimum absolute atomic E-state index is 0.128. The Morgan fingerprint density at radius 2 is 2.00 bits per heavy atom. The fourth-order valence-corrected chi connectivity index (χ4v) is 5.94. The molecule has 2 fully saturated rings. The van der Waals surface area contributed by atoms with Crippen LogP contribution in [-0.2, 0) is 4.79 Å². The zero-order valence-electron chi connectivity index (χ0n) is 18.7. The molecule has 0 bridgehead atoms. The summed E-state index contributed by atoms with van der Waals surface area (Å²) in [5, 5.41) is 6.61. The number of carbonyl (C=O) groups excluding carboxylic acids is 1. The molecule has 3 aliphatic rings. The van der Waals surface area contributed by atoms with Gasteiger partial charge in [0.1, 0.15) is 11.6 Å². The Bertz CT molecular complexity index is 969. The molecule has 166 valence electrons. The number of hydrogen-bond donors (Lipinski definition) is 1. The van der Waals surface area contributed by atoms with Crippen LogP contribution in [0.25, 0.3) is 10.9 Å². The number of piperidine rings is 1. The Labute approximate surface area is 189 Å². The molecule has 0 unspecified atom stereocenters. The van der Waals surface area contributed by atoms with Crippen LogP contribution in [0.2, 0.25) is 0 Å². The Morgan fingerprint density at radius 3 is 2.71 bits per heavy atom. The van der Waals surface area contributed by atoms with Gasteiger partial charge in [-0.3, -0.25) is 4.79 Å². The SMILES string of the molecule is Cc1scc2nc(C3CCC3)nc(N3CCC(C(=O)NCCC4=CCCCC4)CC3)c12. The molecular formula is C25H34N4OS. The Morgan fingerprint density at radius 1 is 1.16 bits per heavy atom. The molecule has 0 spiro atoms. The van der Waals surface area contributed by atoms with Crippen molar-refractivity contribution in [2.24, 2.45) is 5.92 Å². The zero-order chi connectivity index (χ0) is 21.2. The number of anilines is 1. The van der Waals surface area contributed by atoms with Crippen LogP contribution < -0.4 is 10.2 Å². The number of nitrogens with one attached hydrogen (secondary N) is 1. The van der Waals surface area contributed by atoms with Crippen molar-refractivity contribution in [3.8, 4) is 0 Å². The summed E-state index contributed by atoms with van der Waals surface area (Å²) < 4.78 is 0. The summed E-state index contributed by atoms with van der Waals surface area (Å²) in [7, 11) is 0. The van der Waals surface area contributed by atoms with E-state index in [1.54, 1.807) is 11.3 Å². The van der Waals surface area contributed by atoms with E-state index in [1.165, 1.54) is 60.8 Å². The van der Waals surface area contributed by atoms with E-state index in [2.05, 4.69) is 28.6 Å². The summed E-state index contributed by atoms with van der Waals surface area (Å²) in [6.07, 6.45) is 14.0. The first-order valence-corrected chi connectivity index (χ1v) is 13.0. The van der Waals surface area contributed by atoms with Gasteiger partial charge in [0.15, 0.2) is 0 Å². The maximum Gasteiger partial charge on any atom is 0.223 e. The van der Waals surface area contributed by atoms with Gasteiger partial charge in [-0.2, -0.15) is 0 Å². The smallest absolute Gasteiger partial charge is 0.223 e. The minimum atomic E-state index is 0.128. The predicted octanol–water partition coefficient (Wildman–Crippen LogP) is 5.49. The van der Waals surface area contributed by atoms with Gasteiger partial charge in [0, 0.05) is 41.7 Å². The van der Waals surface area contributed by atoms with E-state index in [4.69, 9.17) is 9.97 Å². The van der Waals surface area contributed by atoms with E-state index in [0.717, 1.165) is 56.1 Å². The van der Waals surface area contributed by atoms with Gasteiger partial charge in [0.25, 0.3) is 0 Å². The van der Waals surface area contributed by atoms with Gasteiger partial charge in [0.2, 0.25) is 5.91 Å². The first-order chi connectivity index (χ1) is 15.2. The fourth-order valence-electron chi connectivity index (χ4n) is 5.16. The lowest BCUT2D eigenvalue weighted by Crippen LogP contribution is -2.41. The molecule has 3 heterocycles. The molecule has 1 saturated heterocycles. The van der Waals surface area contributed by atoms with E-state index >= 15 is 0 Å². The average molecular weight is 439 g/mol. The first kappa shape index (κ1) is 20.9. The molecule has 1 aliphatic heterocycles. The standard InChI is InChI=1S/C25H34N4OS/c1-17-22-21(16-31-17)27-23(19-8-5-9-19)28-24(22)29-14-11-20(12-15-29)25(30)26-13-10-18-6-3-2-4-7-18/h6,16,19-20H,2-5,7-15H2,1H3,(H,26,30). The number of amides is 1. The molecule has 1 amide bonds. The molecule has 5 nitrogen and oxygen atoms in total. The normalized spacial score (nSPS) is 20.5. The van der Waals surface area contributed by atoms with Crippen LogP contribution in [0.15, 0.2) is 17.0 Å². The van der Waals surface area contributed by atoms with Crippen LogP contribution in [0, 0.1) is 12.8 Å². The Balaban J connectivity index is 1.21. The lowest BCUT2D eigenvalue weighted by Gasteiger charge is -2.33. The van der Waals surface area contributed by atoms with Crippen LogP contribution in [-0.4, -0.2) is 35.5 Å². The van der Waals surface area contributed by atoms with Gasteiger partial charge >= 0.3 is 0 Å². The number of nitrogens with zero attached hydrogens (tertiary/aromatic N) is 3. The molecule has 0 radical (unpaired) electrons. The highest BCUT2D eigenvalue weighted by molar-refractivity contribution is 7.11. The zero-order valence-corrected chi connectivity index (χ0v) is 19.5. The van der Waals surface area contributed by atoms with E-state index < -0.39 is 0 Å². The number of aromatic nitrogens is 2. The van der Waals surface area contributed by atoms with Crippen molar-refractivity contribution < 1.29 is 4.79 Å². The highest BCUT2D eigenvalue weighted by Crippen LogP contribution is 2.39. The van der Waals surface area contributed by atoms with Gasteiger partial charge < -0.3 is 10.2 Å². The van der Waals surface area contributed by atoms with Crippen molar-refractivity contribution in [1.29, 1.82) is 0 Å².